The normalized spacial score (nSPS) is 20.5. The van der Waals surface area contributed by atoms with Gasteiger partial charge in [-0.05, 0) is 31.5 Å². The summed E-state index contributed by atoms with van der Waals surface area (Å²) in [4.78, 5) is 30.7. The van der Waals surface area contributed by atoms with Gasteiger partial charge in [0.15, 0.2) is 5.17 Å². The average Bonchev–Trinajstić information content (AvgIpc) is 2.89. The zero-order valence-corrected chi connectivity index (χ0v) is 15.1. The van der Waals surface area contributed by atoms with Crippen LogP contribution in [0.2, 0.25) is 0 Å². The second kappa shape index (κ2) is 6.49. The minimum atomic E-state index is -0.452. The van der Waals surface area contributed by atoms with Crippen LogP contribution in [0.25, 0.3) is 0 Å². The van der Waals surface area contributed by atoms with Crippen molar-refractivity contribution in [3.63, 3.8) is 0 Å². The van der Waals surface area contributed by atoms with Crippen LogP contribution in [0.5, 0.6) is 0 Å². The molecule has 1 fully saturated rings. The number of carbonyl (C=O) groups is 2. The number of halogens is 1. The van der Waals surface area contributed by atoms with Crippen LogP contribution in [-0.2, 0) is 14.3 Å². The molecule has 0 aromatic heterocycles. The van der Waals surface area contributed by atoms with E-state index in [0.29, 0.717) is 22.2 Å². The number of rotatable bonds is 3. The lowest BCUT2D eigenvalue weighted by molar-refractivity contribution is -0.139. The van der Waals surface area contributed by atoms with Crippen molar-refractivity contribution in [2.75, 3.05) is 12.4 Å². The Morgan fingerprint density at radius 2 is 2.13 bits per heavy atom. The highest BCUT2D eigenvalue weighted by Crippen LogP contribution is 2.39. The zero-order valence-electron chi connectivity index (χ0n) is 12.7. The molecule has 0 unspecified atom stereocenters. The molecule has 1 amide bonds. The van der Waals surface area contributed by atoms with E-state index in [1.54, 1.807) is 13.8 Å². The molecule has 23 heavy (non-hydrogen) atoms. The molecule has 3 rings (SSSR count). The van der Waals surface area contributed by atoms with Crippen LogP contribution >= 0.6 is 27.7 Å². The molecule has 0 N–H and O–H groups in total. The summed E-state index contributed by atoms with van der Waals surface area (Å²) >= 11 is 4.80. The summed E-state index contributed by atoms with van der Waals surface area (Å²) in [6.45, 7) is 3.81. The number of carbonyl (C=O) groups excluding carboxylic acids is 2. The van der Waals surface area contributed by atoms with E-state index in [4.69, 9.17) is 4.74 Å². The first-order chi connectivity index (χ1) is 11.0. The third-order valence-electron chi connectivity index (χ3n) is 3.68. The number of fused-ring (bicyclic) bond motifs is 1. The maximum Gasteiger partial charge on any atom is 0.338 e. The number of aliphatic imine (C=N–C) groups is 1. The van der Waals surface area contributed by atoms with Gasteiger partial charge in [-0.25, -0.2) is 9.79 Å². The molecule has 1 aromatic rings. The van der Waals surface area contributed by atoms with Crippen molar-refractivity contribution >= 4 is 44.7 Å². The van der Waals surface area contributed by atoms with Gasteiger partial charge < -0.3 is 4.74 Å². The van der Waals surface area contributed by atoms with Gasteiger partial charge in [0.2, 0.25) is 5.91 Å². The number of esters is 1. The monoisotopic (exact) mass is 394 g/mol. The Morgan fingerprint density at radius 3 is 2.78 bits per heavy atom. The van der Waals surface area contributed by atoms with Crippen LogP contribution in [0, 0.1) is 0 Å². The van der Waals surface area contributed by atoms with Gasteiger partial charge in [-0.3, -0.25) is 9.69 Å². The minimum absolute atomic E-state index is 0.0534. The molecule has 5 nitrogen and oxygen atoms in total. The van der Waals surface area contributed by atoms with Gasteiger partial charge in [0.05, 0.1) is 17.9 Å². The van der Waals surface area contributed by atoms with Crippen molar-refractivity contribution in [3.8, 4) is 0 Å². The molecule has 1 saturated heterocycles. The smallest absolute Gasteiger partial charge is 0.338 e. The summed E-state index contributed by atoms with van der Waals surface area (Å²) in [5, 5.41) is 0.647. The number of nitrogens with zero attached hydrogens (tertiary/aromatic N) is 2. The van der Waals surface area contributed by atoms with Crippen molar-refractivity contribution < 1.29 is 14.3 Å². The molecule has 0 radical (unpaired) electrons. The molecule has 2 aliphatic heterocycles. The number of ether oxygens (including phenoxy) is 1. The van der Waals surface area contributed by atoms with Crippen LogP contribution in [-0.4, -0.2) is 34.3 Å². The highest BCUT2D eigenvalue weighted by atomic mass is 79.9. The Labute approximate surface area is 146 Å². The van der Waals surface area contributed by atoms with E-state index in [1.807, 2.05) is 24.3 Å². The molecule has 2 heterocycles. The summed E-state index contributed by atoms with van der Waals surface area (Å²) in [6, 6.07) is 7.21. The maximum absolute atomic E-state index is 12.5. The van der Waals surface area contributed by atoms with E-state index < -0.39 is 12.0 Å². The minimum Gasteiger partial charge on any atom is -0.463 e. The fourth-order valence-corrected chi connectivity index (χ4v) is 3.83. The Morgan fingerprint density at radius 1 is 1.43 bits per heavy atom. The Kier molecular flexibility index (Phi) is 4.59. The highest BCUT2D eigenvalue weighted by molar-refractivity contribution is 9.10. The predicted molar refractivity (Wildman–Crippen MR) is 93.0 cm³/mol. The third-order valence-corrected chi connectivity index (χ3v) is 5.15. The molecular formula is C16H15BrN2O3S. The number of amidine groups is 1. The Bertz CT molecular complexity index is 727. The van der Waals surface area contributed by atoms with Gasteiger partial charge in [-0.2, -0.15) is 0 Å². The molecule has 0 aliphatic carbocycles. The topological polar surface area (TPSA) is 59.0 Å². The molecule has 2 aliphatic rings. The lowest BCUT2D eigenvalue weighted by atomic mass is 9.96. The van der Waals surface area contributed by atoms with E-state index in [2.05, 4.69) is 20.9 Å². The summed E-state index contributed by atoms with van der Waals surface area (Å²) in [6.07, 6.45) is 0. The first-order valence-corrected chi connectivity index (χ1v) is 8.97. The summed E-state index contributed by atoms with van der Waals surface area (Å²) < 4.78 is 6.14. The fraction of sp³-hybridized carbons (Fsp3) is 0.312. The number of allylic oxidation sites excluding steroid dienone is 1. The van der Waals surface area contributed by atoms with E-state index in [-0.39, 0.29) is 12.5 Å². The van der Waals surface area contributed by atoms with E-state index in [9.17, 15) is 9.59 Å². The lowest BCUT2D eigenvalue weighted by Crippen LogP contribution is -2.35. The maximum atomic E-state index is 12.5. The first kappa shape index (κ1) is 16.3. The quantitative estimate of drug-likeness (QED) is 0.738. The summed E-state index contributed by atoms with van der Waals surface area (Å²) in [5.41, 5.74) is 1.92. The molecule has 7 heteroatoms. The predicted octanol–water partition coefficient (Wildman–Crippen LogP) is 3.27. The molecule has 0 saturated carbocycles. The van der Waals surface area contributed by atoms with Crippen molar-refractivity contribution in [1.29, 1.82) is 0 Å². The molecule has 0 spiro atoms. The second-order valence-corrected chi connectivity index (χ2v) is 6.96. The lowest BCUT2D eigenvalue weighted by Gasteiger charge is -2.29. The van der Waals surface area contributed by atoms with Gasteiger partial charge in [0, 0.05) is 10.2 Å². The molecule has 0 bridgehead atoms. The SMILES string of the molecule is CCOC(=O)C1=C(C)N2C(=O)CSC2=N[C@@H]1c1ccc(Br)cc1. The average molecular weight is 395 g/mol. The van der Waals surface area contributed by atoms with Crippen molar-refractivity contribution in [1.82, 2.24) is 4.90 Å². The van der Waals surface area contributed by atoms with Gasteiger partial charge in [0.25, 0.3) is 0 Å². The van der Waals surface area contributed by atoms with E-state index in [1.165, 1.54) is 16.7 Å². The van der Waals surface area contributed by atoms with Crippen molar-refractivity contribution in [2.24, 2.45) is 4.99 Å². The Balaban J connectivity index is 2.09. The van der Waals surface area contributed by atoms with Gasteiger partial charge in [0.1, 0.15) is 6.04 Å². The third kappa shape index (κ3) is 2.95. The van der Waals surface area contributed by atoms with Crippen molar-refractivity contribution in [2.45, 2.75) is 19.9 Å². The second-order valence-electron chi connectivity index (χ2n) is 5.10. The highest BCUT2D eigenvalue weighted by Gasteiger charge is 2.40. The molecule has 1 atom stereocenters. The number of hydrogen-bond donors (Lipinski definition) is 0. The number of amides is 1. The molecular weight excluding hydrogens is 380 g/mol. The summed E-state index contributed by atoms with van der Waals surface area (Å²) in [5.74, 6) is -0.132. The largest absolute Gasteiger partial charge is 0.463 e. The Hall–Kier alpha value is -1.60. The van der Waals surface area contributed by atoms with Gasteiger partial charge >= 0.3 is 5.97 Å². The number of thioether (sulfide) groups is 1. The zero-order chi connectivity index (χ0) is 16.6. The van der Waals surface area contributed by atoms with Crippen LogP contribution in [0.15, 0.2) is 45.0 Å². The first-order valence-electron chi connectivity index (χ1n) is 7.19. The van der Waals surface area contributed by atoms with Crippen molar-refractivity contribution in [3.05, 3.63) is 45.6 Å². The van der Waals surface area contributed by atoms with E-state index >= 15 is 0 Å². The van der Waals surface area contributed by atoms with E-state index in [0.717, 1.165) is 10.0 Å². The van der Waals surface area contributed by atoms with Crippen LogP contribution in [0.3, 0.4) is 0 Å². The van der Waals surface area contributed by atoms with Gasteiger partial charge in [-0.15, -0.1) is 0 Å². The number of benzene rings is 1. The van der Waals surface area contributed by atoms with Crippen LogP contribution in [0.1, 0.15) is 25.5 Å². The van der Waals surface area contributed by atoms with Gasteiger partial charge in [-0.1, -0.05) is 39.8 Å². The standard InChI is InChI=1S/C16H15BrN2O3S/c1-3-22-15(21)13-9(2)19-12(20)8-23-16(19)18-14(13)10-4-6-11(17)7-5-10/h4-7,14H,3,8H2,1-2H3/t14-/m1/s1. The fourth-order valence-electron chi connectivity index (χ4n) is 2.64. The number of hydrogen-bond acceptors (Lipinski definition) is 5. The molecule has 1 aromatic carbocycles. The summed E-state index contributed by atoms with van der Waals surface area (Å²) in [7, 11) is 0. The van der Waals surface area contributed by atoms with Crippen LogP contribution < -0.4 is 0 Å². The molecule has 120 valence electrons. The van der Waals surface area contributed by atoms with Crippen LogP contribution in [0.4, 0.5) is 0 Å².